The third-order valence-corrected chi connectivity index (χ3v) is 5.62. The zero-order valence-electron chi connectivity index (χ0n) is 21.4. The number of halogens is 1. The predicted molar refractivity (Wildman–Crippen MR) is 139 cm³/mol. The van der Waals surface area contributed by atoms with Crippen LogP contribution in [-0.4, -0.2) is 66.7 Å². The first-order chi connectivity index (χ1) is 17.4. The molecule has 0 bridgehead atoms. The average Bonchev–Trinajstić information content (AvgIpc) is 3.43. The van der Waals surface area contributed by atoms with Crippen molar-refractivity contribution in [2.45, 2.75) is 51.4 Å². The van der Waals surface area contributed by atoms with Crippen molar-refractivity contribution in [1.29, 1.82) is 0 Å². The van der Waals surface area contributed by atoms with E-state index in [1.54, 1.807) is 46.3 Å². The Bertz CT molecular complexity index is 1340. The maximum Gasteiger partial charge on any atom is 0.414 e. The summed E-state index contributed by atoms with van der Waals surface area (Å²) in [7, 11) is 1.56. The topological polar surface area (TPSA) is 141 Å². The summed E-state index contributed by atoms with van der Waals surface area (Å²) in [4.78, 5) is 35.6. The molecule has 4 heterocycles. The van der Waals surface area contributed by atoms with Crippen LogP contribution in [0.5, 0.6) is 0 Å². The maximum atomic E-state index is 13.0. The van der Waals surface area contributed by atoms with E-state index < -0.39 is 17.2 Å². The van der Waals surface area contributed by atoms with Crippen molar-refractivity contribution in [3.05, 3.63) is 54.0 Å². The van der Waals surface area contributed by atoms with Gasteiger partial charge in [0.1, 0.15) is 22.4 Å². The number of hydrogen-bond donors (Lipinski definition) is 3. The van der Waals surface area contributed by atoms with Crippen molar-refractivity contribution >= 4 is 40.6 Å². The number of nitrogen functional groups attached to an aromatic ring is 1. The van der Waals surface area contributed by atoms with Crippen molar-refractivity contribution < 1.29 is 19.1 Å². The Morgan fingerprint density at radius 3 is 2.84 bits per heavy atom. The number of ether oxygens (including phenoxy) is 2. The average molecular weight is 531 g/mol. The molecule has 198 valence electrons. The number of amides is 2. The molecule has 1 aliphatic rings. The Morgan fingerprint density at radius 1 is 1.35 bits per heavy atom. The summed E-state index contributed by atoms with van der Waals surface area (Å²) in [5.74, 6) is -0.0308. The summed E-state index contributed by atoms with van der Waals surface area (Å²) in [5, 5.41) is 2.90. The van der Waals surface area contributed by atoms with Gasteiger partial charge in [0.2, 0.25) is 0 Å². The van der Waals surface area contributed by atoms with Gasteiger partial charge in [-0.15, -0.1) is 0 Å². The van der Waals surface area contributed by atoms with E-state index in [0.717, 1.165) is 11.2 Å². The second-order valence-electron chi connectivity index (χ2n) is 9.77. The van der Waals surface area contributed by atoms with Gasteiger partial charge in [-0.3, -0.25) is 9.69 Å². The number of nitrogens with two attached hydrogens (primary N) is 1. The molecule has 0 aromatic carbocycles. The molecule has 3 aromatic heterocycles. The minimum Gasteiger partial charge on any atom is -0.443 e. The van der Waals surface area contributed by atoms with Crippen LogP contribution in [0, 0.1) is 0 Å². The van der Waals surface area contributed by atoms with Gasteiger partial charge in [0.05, 0.1) is 25.1 Å². The zero-order chi connectivity index (χ0) is 26.9. The fourth-order valence-corrected chi connectivity index (χ4v) is 4.03. The van der Waals surface area contributed by atoms with Crippen LogP contribution in [0.25, 0.3) is 11.3 Å². The summed E-state index contributed by atoms with van der Waals surface area (Å²) >= 11 is 6.35. The van der Waals surface area contributed by atoms with Crippen LogP contribution in [-0.2, 0) is 16.1 Å². The van der Waals surface area contributed by atoms with Gasteiger partial charge in [0.25, 0.3) is 5.91 Å². The Hall–Kier alpha value is -3.77. The summed E-state index contributed by atoms with van der Waals surface area (Å²) in [6, 6.07) is 1.50. The molecular weight excluding hydrogens is 500 g/mol. The number of hydrogen-bond acceptors (Lipinski definition) is 8. The lowest BCUT2D eigenvalue weighted by molar-refractivity contribution is 0.0386. The smallest absolute Gasteiger partial charge is 0.414 e. The molecule has 0 fully saturated rings. The van der Waals surface area contributed by atoms with Gasteiger partial charge in [-0.25, -0.2) is 19.4 Å². The van der Waals surface area contributed by atoms with Crippen molar-refractivity contribution in [2.24, 2.45) is 0 Å². The van der Waals surface area contributed by atoms with Gasteiger partial charge < -0.3 is 30.4 Å². The highest BCUT2D eigenvalue weighted by Gasteiger charge is 2.31. The Kier molecular flexibility index (Phi) is 7.32. The van der Waals surface area contributed by atoms with Crippen LogP contribution >= 0.6 is 11.6 Å². The SMILES string of the molecule is CC(COCc1cc(N)cn2ccnc12)NC(=O)c1cnc2n1NC(Cl)C=C2N(C)C(=O)OC(C)(C)C. The fourth-order valence-electron chi connectivity index (χ4n) is 3.81. The summed E-state index contributed by atoms with van der Waals surface area (Å²) in [6.07, 6.45) is 7.77. The summed E-state index contributed by atoms with van der Waals surface area (Å²) < 4.78 is 14.6. The molecule has 37 heavy (non-hydrogen) atoms. The van der Waals surface area contributed by atoms with Crippen LogP contribution in [0.3, 0.4) is 0 Å². The standard InChI is InChI=1S/C24H31ClN8O4/c1-14(12-36-13-15-8-16(26)11-32-7-6-27-20(15)32)29-22(34)18-10-28-21-17(9-19(25)30-33(18)21)31(5)23(35)37-24(2,3)4/h6-11,14,19,30H,12-13,26H2,1-5H3,(H,29,34). The highest BCUT2D eigenvalue weighted by atomic mass is 35.5. The van der Waals surface area contributed by atoms with Crippen LogP contribution < -0.4 is 16.5 Å². The number of pyridine rings is 1. The molecular formula is C24H31ClN8O4. The highest BCUT2D eigenvalue weighted by Crippen LogP contribution is 2.25. The number of nitrogens with zero attached hydrogens (tertiary/aromatic N) is 5. The number of fused-ring (bicyclic) bond motifs is 2. The molecule has 13 heteroatoms. The first kappa shape index (κ1) is 26.3. The van der Waals surface area contributed by atoms with Gasteiger partial charge in [-0.2, -0.15) is 0 Å². The number of carbonyl (C=O) groups excluding carboxylic acids is 2. The molecule has 0 radical (unpaired) electrons. The minimum absolute atomic E-state index is 0.227. The second-order valence-corrected chi connectivity index (χ2v) is 10.2. The number of aromatic nitrogens is 4. The van der Waals surface area contributed by atoms with E-state index in [2.05, 4.69) is 20.7 Å². The third kappa shape index (κ3) is 5.97. The van der Waals surface area contributed by atoms with Gasteiger partial charge >= 0.3 is 6.09 Å². The van der Waals surface area contributed by atoms with E-state index in [1.807, 2.05) is 23.6 Å². The lowest BCUT2D eigenvalue weighted by Gasteiger charge is -2.29. The predicted octanol–water partition coefficient (Wildman–Crippen LogP) is 2.78. The number of rotatable bonds is 7. The van der Waals surface area contributed by atoms with Gasteiger partial charge in [-0.05, 0) is 39.8 Å². The number of alkyl halides is 1. The molecule has 0 aliphatic carbocycles. The lowest BCUT2D eigenvalue weighted by atomic mass is 10.2. The van der Waals surface area contributed by atoms with Crippen molar-refractivity contribution in [3.8, 4) is 0 Å². The highest BCUT2D eigenvalue weighted by molar-refractivity contribution is 6.23. The molecule has 0 saturated carbocycles. The van der Waals surface area contributed by atoms with E-state index in [-0.39, 0.29) is 30.9 Å². The van der Waals surface area contributed by atoms with Gasteiger partial charge in [-0.1, -0.05) is 11.6 Å². The van der Waals surface area contributed by atoms with Gasteiger partial charge in [0, 0.05) is 42.9 Å². The Morgan fingerprint density at radius 2 is 2.11 bits per heavy atom. The minimum atomic E-state index is -0.688. The molecule has 1 aliphatic heterocycles. The largest absolute Gasteiger partial charge is 0.443 e. The van der Waals surface area contributed by atoms with Crippen molar-refractivity contribution in [3.63, 3.8) is 0 Å². The molecule has 4 rings (SSSR count). The molecule has 3 aromatic rings. The van der Waals surface area contributed by atoms with Gasteiger partial charge in [0.15, 0.2) is 5.82 Å². The fraction of sp³-hybridized carbons (Fsp3) is 0.417. The van der Waals surface area contributed by atoms with E-state index in [0.29, 0.717) is 17.2 Å². The van der Waals surface area contributed by atoms with Crippen molar-refractivity contribution in [2.75, 3.05) is 24.8 Å². The molecule has 2 amide bonds. The number of nitrogens with one attached hydrogen (secondary N) is 2. The normalized spacial score (nSPS) is 15.9. The van der Waals surface area contributed by atoms with Crippen LogP contribution in [0.1, 0.15) is 49.6 Å². The van der Waals surface area contributed by atoms with Crippen LogP contribution in [0.2, 0.25) is 0 Å². The Balaban J connectivity index is 1.40. The quantitative estimate of drug-likeness (QED) is 0.313. The number of imidazole rings is 2. The third-order valence-electron chi connectivity index (χ3n) is 5.40. The molecule has 12 nitrogen and oxygen atoms in total. The molecule has 0 spiro atoms. The van der Waals surface area contributed by atoms with E-state index in [1.165, 1.54) is 15.8 Å². The summed E-state index contributed by atoms with van der Waals surface area (Å²) in [6.45, 7) is 7.71. The van der Waals surface area contributed by atoms with E-state index in [9.17, 15) is 9.59 Å². The van der Waals surface area contributed by atoms with Crippen LogP contribution in [0.15, 0.2) is 36.9 Å². The number of carbonyl (C=O) groups is 2. The second kappa shape index (κ2) is 10.3. The molecule has 2 atom stereocenters. The maximum absolute atomic E-state index is 13.0. The molecule has 0 saturated heterocycles. The monoisotopic (exact) mass is 530 g/mol. The number of anilines is 1. The summed E-state index contributed by atoms with van der Waals surface area (Å²) in [5.41, 5.74) is 10.4. The first-order valence-electron chi connectivity index (χ1n) is 11.7. The Labute approximate surface area is 219 Å². The lowest BCUT2D eigenvalue weighted by Crippen LogP contribution is -2.41. The van der Waals surface area contributed by atoms with Crippen molar-refractivity contribution in [1.82, 2.24) is 29.3 Å². The van der Waals surface area contributed by atoms with E-state index >= 15 is 0 Å². The first-order valence-corrected chi connectivity index (χ1v) is 12.1. The molecule has 4 N–H and O–H groups in total. The zero-order valence-corrected chi connectivity index (χ0v) is 22.1. The van der Waals surface area contributed by atoms with E-state index in [4.69, 9.17) is 26.8 Å². The van der Waals surface area contributed by atoms with Crippen LogP contribution in [0.4, 0.5) is 10.5 Å². The molecule has 2 unspecified atom stereocenters.